The van der Waals surface area contributed by atoms with Crippen LogP contribution in [0.4, 0.5) is 8.78 Å². The summed E-state index contributed by atoms with van der Waals surface area (Å²) in [6, 6.07) is 38.2. The summed E-state index contributed by atoms with van der Waals surface area (Å²) >= 11 is 17.3. The van der Waals surface area contributed by atoms with E-state index in [1.807, 2.05) is 13.8 Å². The Morgan fingerprint density at radius 2 is 0.921 bits per heavy atom. The van der Waals surface area contributed by atoms with E-state index < -0.39 is 115 Å². The van der Waals surface area contributed by atoms with Gasteiger partial charge in [-0.3, -0.25) is 49.6 Å². The van der Waals surface area contributed by atoms with E-state index in [2.05, 4.69) is 45.2 Å². The Kier molecular flexibility index (Phi) is 30.5. The number of nitrogens with one attached hydrogen (secondary N) is 4. The normalized spacial score (nSPS) is 12.2. The number of halogens is 5. The zero-order valence-corrected chi connectivity index (χ0v) is 57.3. The molecule has 0 saturated heterocycles. The lowest BCUT2D eigenvalue weighted by Crippen LogP contribution is -2.48. The number of rotatable bonds is 29. The number of carboxylic acids is 1. The van der Waals surface area contributed by atoms with Gasteiger partial charge in [0.2, 0.25) is 18.4 Å². The van der Waals surface area contributed by atoms with Crippen LogP contribution in [0.15, 0.2) is 155 Å². The second-order valence-electron chi connectivity index (χ2n) is 22.6. The highest BCUT2D eigenvalue weighted by atomic mass is 35.5. The molecule has 2 aromatic heterocycles. The number of carbonyl (C=O) groups is 8. The van der Waals surface area contributed by atoms with Crippen LogP contribution in [0.25, 0.3) is 33.6 Å². The standard InChI is InChI=1S/C34H35ClFN5O9.C25H21ClFN5O5.C9H15ClO4/c1-20(2)25(16-29(43)48-3)32(45)49-19-50-33(46)28(42)18-40(17-21-9-11-22(12-10-21)26-15-23(35)13-14-27(26)36)39-31(44)30-37-34(47)41(38-30)24-7-5-4-6-8-24;26-17-10-11-20(27)19(12-17)16-8-6-15(7-9-16)13-31(14-21(33)24(35)36)30-23(34)22-28-25(37)32(29-22)18-4-2-1-3-5-18;1-6(2)7(4-8(11)13-3)9(12)14-5-10/h4-15,20,25,28,42H,16-19H2,1-3H3,(H,39,44)(H,37,38,47);1-12,21,33H,13-14H2,(H,30,34)(H,35,36)(H,28,29,37);6-7H,4-5H2,1-3H3/t25-,28+;21-;7-/m010/s1. The lowest BCUT2D eigenvalue weighted by Gasteiger charge is -2.25. The summed E-state index contributed by atoms with van der Waals surface area (Å²) in [5.74, 6) is -9.82. The minimum absolute atomic E-state index is 0.0159. The van der Waals surface area contributed by atoms with Crippen molar-refractivity contribution in [1.82, 2.24) is 50.4 Å². The molecule has 0 aliphatic heterocycles. The molecule has 0 aliphatic rings. The zero-order chi connectivity index (χ0) is 74.0. The van der Waals surface area contributed by atoms with E-state index >= 15 is 0 Å². The molecular formula is C68H71Cl3F2N10O18. The first kappa shape index (κ1) is 79.5. The average molecular weight is 1460 g/mol. The first-order chi connectivity index (χ1) is 48.1. The van der Waals surface area contributed by atoms with E-state index in [-0.39, 0.29) is 61.0 Å². The topological polar surface area (TPSA) is 375 Å². The quantitative estimate of drug-likeness (QED) is 0.00780. The van der Waals surface area contributed by atoms with Gasteiger partial charge in [0.1, 0.15) is 11.6 Å². The number of hydrogen-bond donors (Lipinski definition) is 7. The summed E-state index contributed by atoms with van der Waals surface area (Å²) in [6.07, 6.45) is -3.86. The second kappa shape index (κ2) is 38.8. The molecule has 536 valence electrons. The van der Waals surface area contributed by atoms with Gasteiger partial charge in [0.25, 0.3) is 0 Å². The first-order valence-electron chi connectivity index (χ1n) is 30.6. The minimum atomic E-state index is -1.86. The maximum atomic E-state index is 14.4. The van der Waals surface area contributed by atoms with Gasteiger partial charge in [0.05, 0.1) is 63.4 Å². The largest absolute Gasteiger partial charge is 0.479 e. The Bertz CT molecular complexity index is 4260. The Morgan fingerprint density at radius 1 is 0.545 bits per heavy atom. The molecule has 2 heterocycles. The molecule has 101 heavy (non-hydrogen) atoms. The number of para-hydroxylation sites is 2. The highest BCUT2D eigenvalue weighted by Crippen LogP contribution is 2.29. The Labute approximate surface area is 590 Å². The van der Waals surface area contributed by atoms with Crippen molar-refractivity contribution >= 4 is 82.4 Å². The average Bonchev–Trinajstić information content (AvgIpc) is 1.79. The van der Waals surface area contributed by atoms with Crippen LogP contribution in [-0.4, -0.2) is 155 Å². The summed E-state index contributed by atoms with van der Waals surface area (Å²) in [7, 11) is 2.47. The second-order valence-corrected chi connectivity index (χ2v) is 23.7. The van der Waals surface area contributed by atoms with Gasteiger partial charge in [0.15, 0.2) is 18.3 Å². The monoisotopic (exact) mass is 1460 g/mol. The van der Waals surface area contributed by atoms with E-state index in [1.165, 1.54) is 60.6 Å². The number of hydrogen-bond acceptors (Lipinski definition) is 21. The van der Waals surface area contributed by atoms with Crippen LogP contribution in [0.3, 0.4) is 0 Å². The van der Waals surface area contributed by atoms with Crippen molar-refractivity contribution in [3.63, 3.8) is 0 Å². The predicted molar refractivity (Wildman–Crippen MR) is 361 cm³/mol. The molecule has 8 rings (SSSR count). The van der Waals surface area contributed by atoms with Crippen LogP contribution in [0.5, 0.6) is 0 Å². The van der Waals surface area contributed by atoms with Crippen LogP contribution in [0.2, 0.25) is 10.0 Å². The molecule has 0 unspecified atom stereocenters. The number of hydrazine groups is 2. The fourth-order valence-corrected chi connectivity index (χ4v) is 9.73. The van der Waals surface area contributed by atoms with Crippen molar-refractivity contribution in [2.24, 2.45) is 23.7 Å². The number of carboxylic acid groups (broad SMARTS) is 1. The Hall–Kier alpha value is -10.5. The highest BCUT2D eigenvalue weighted by molar-refractivity contribution is 6.31. The van der Waals surface area contributed by atoms with Crippen LogP contribution in [0, 0.1) is 35.3 Å². The van der Waals surface area contributed by atoms with Gasteiger partial charge in [-0.15, -0.1) is 10.2 Å². The third-order valence-corrected chi connectivity index (χ3v) is 15.3. The van der Waals surface area contributed by atoms with E-state index in [9.17, 15) is 66.9 Å². The highest BCUT2D eigenvalue weighted by Gasteiger charge is 2.31. The molecular weight excluding hydrogens is 1390 g/mol. The number of H-pyrrole nitrogens is 2. The van der Waals surface area contributed by atoms with Crippen molar-refractivity contribution in [1.29, 1.82) is 0 Å². The molecule has 6 aromatic carbocycles. The number of amides is 2. The molecule has 7 N–H and O–H groups in total. The fraction of sp³-hybridized carbons (Fsp3) is 0.294. The van der Waals surface area contributed by atoms with Gasteiger partial charge >= 0.3 is 59.0 Å². The summed E-state index contributed by atoms with van der Waals surface area (Å²) < 4.78 is 54.3. The smallest absolute Gasteiger partial charge is 0.348 e. The molecule has 0 saturated carbocycles. The van der Waals surface area contributed by atoms with E-state index in [0.717, 1.165) is 9.36 Å². The minimum Gasteiger partial charge on any atom is -0.479 e. The molecule has 8 aromatic rings. The summed E-state index contributed by atoms with van der Waals surface area (Å²) in [4.78, 5) is 126. The number of aliphatic hydroxyl groups excluding tert-OH is 2. The number of esters is 5. The fourth-order valence-electron chi connectivity index (χ4n) is 9.28. The molecule has 0 fully saturated rings. The van der Waals surface area contributed by atoms with Crippen LogP contribution in [-0.2, 0) is 65.5 Å². The Balaban J connectivity index is 0.000000275. The third kappa shape index (κ3) is 24.2. The SMILES string of the molecule is COC(=O)C[C@H](C(=O)OCCl)C(C)C.COC(=O)C[C@H](C(=O)OCOC(=O)[C@H](O)CN(Cc1ccc(-c2cc(Cl)ccc2F)cc1)NC(=O)c1nn(-c2ccccc2)c(=O)[nH]1)C(C)C.O=C(NN(Cc1ccc(-c2cc(Cl)ccc2F)cc1)C[C@@H](O)C(=O)O)c1nn(-c2ccccc2)c(=O)[nH]1. The summed E-state index contributed by atoms with van der Waals surface area (Å²) in [5.41, 5.74) is 7.38. The molecule has 0 radical (unpaired) electrons. The van der Waals surface area contributed by atoms with Gasteiger partial charge in [0, 0.05) is 34.3 Å². The van der Waals surface area contributed by atoms with Crippen LogP contribution >= 0.6 is 34.8 Å². The number of aromatic amines is 2. The zero-order valence-electron chi connectivity index (χ0n) is 55.0. The van der Waals surface area contributed by atoms with E-state index in [1.54, 1.807) is 123 Å². The molecule has 0 aliphatic carbocycles. The number of nitrogens with zero attached hydrogens (tertiary/aromatic N) is 6. The van der Waals surface area contributed by atoms with Crippen molar-refractivity contribution in [3.8, 4) is 33.6 Å². The number of aromatic nitrogens is 6. The van der Waals surface area contributed by atoms with Crippen molar-refractivity contribution < 1.29 is 86.1 Å². The molecule has 0 bridgehead atoms. The number of benzene rings is 6. The maximum absolute atomic E-state index is 14.4. The number of methoxy groups -OCH3 is 2. The van der Waals surface area contributed by atoms with Gasteiger partial charge in [-0.05, 0) is 94.8 Å². The lowest BCUT2D eigenvalue weighted by atomic mass is 9.93. The van der Waals surface area contributed by atoms with Crippen LogP contribution in [0.1, 0.15) is 72.9 Å². The lowest BCUT2D eigenvalue weighted by molar-refractivity contribution is -0.178. The number of carbonyl (C=O) groups excluding carboxylic acids is 7. The van der Waals surface area contributed by atoms with Crippen LogP contribution < -0.4 is 22.2 Å². The first-order valence-corrected chi connectivity index (χ1v) is 31.9. The van der Waals surface area contributed by atoms with Crippen molar-refractivity contribution in [2.75, 3.05) is 40.2 Å². The van der Waals surface area contributed by atoms with Gasteiger partial charge in [-0.2, -0.15) is 9.36 Å². The number of ether oxygens (including phenoxy) is 5. The summed E-state index contributed by atoms with van der Waals surface area (Å²) in [5, 5.41) is 40.9. The van der Waals surface area contributed by atoms with Crippen molar-refractivity contribution in [2.45, 2.75) is 65.8 Å². The maximum Gasteiger partial charge on any atom is 0.348 e. The number of aliphatic carboxylic acids is 1. The molecule has 33 heteroatoms. The molecule has 28 nitrogen and oxygen atoms in total. The molecule has 0 spiro atoms. The number of alkyl halides is 1. The van der Waals surface area contributed by atoms with Gasteiger partial charge in [-0.25, -0.2) is 38.0 Å². The molecule has 4 atom stereocenters. The number of aliphatic hydroxyl groups is 2. The van der Waals surface area contributed by atoms with Crippen molar-refractivity contribution in [3.05, 3.63) is 211 Å². The van der Waals surface area contributed by atoms with E-state index in [0.29, 0.717) is 49.2 Å². The molecule has 2 amide bonds. The summed E-state index contributed by atoms with van der Waals surface area (Å²) in [6.45, 7) is 5.15. The van der Waals surface area contributed by atoms with Gasteiger partial charge in [-0.1, -0.05) is 147 Å². The van der Waals surface area contributed by atoms with E-state index in [4.69, 9.17) is 49.4 Å². The van der Waals surface area contributed by atoms with Gasteiger partial charge < -0.3 is 39.0 Å². The Morgan fingerprint density at radius 3 is 1.29 bits per heavy atom. The predicted octanol–water partition coefficient (Wildman–Crippen LogP) is 7.58. The third-order valence-electron chi connectivity index (χ3n) is 14.7.